The molecule has 2 aromatic rings. The molecule has 0 aromatic heterocycles. The standard InChI is InChI=1S/C20H23NO2/c1-23-20(22)15-19-9-5-6-14-21(19)18-12-10-17(11-13-18)16-7-3-2-4-8-16/h2-4,7-8,10-13,19H,5-6,9,14-15H2,1H3. The zero-order valence-electron chi connectivity index (χ0n) is 13.6. The van der Waals surface area contributed by atoms with Gasteiger partial charge >= 0.3 is 5.97 Å². The molecule has 1 aliphatic rings. The van der Waals surface area contributed by atoms with Crippen molar-refractivity contribution in [3.05, 3.63) is 54.6 Å². The second-order valence-corrected chi connectivity index (χ2v) is 6.04. The Bertz CT molecular complexity index is 636. The van der Waals surface area contributed by atoms with Crippen LogP contribution in [0.2, 0.25) is 0 Å². The molecular formula is C20H23NO2. The van der Waals surface area contributed by atoms with E-state index in [4.69, 9.17) is 4.74 Å². The molecule has 0 aliphatic carbocycles. The lowest BCUT2D eigenvalue weighted by molar-refractivity contribution is -0.141. The Hall–Kier alpha value is -2.29. The van der Waals surface area contributed by atoms with Gasteiger partial charge in [0.1, 0.15) is 0 Å². The summed E-state index contributed by atoms with van der Waals surface area (Å²) < 4.78 is 4.85. The zero-order chi connectivity index (χ0) is 16.1. The molecule has 1 fully saturated rings. The van der Waals surface area contributed by atoms with Crippen LogP contribution in [0.1, 0.15) is 25.7 Å². The van der Waals surface area contributed by atoms with Gasteiger partial charge in [-0.2, -0.15) is 0 Å². The normalized spacial score (nSPS) is 17.8. The molecule has 3 heteroatoms. The number of carbonyl (C=O) groups is 1. The minimum Gasteiger partial charge on any atom is -0.469 e. The number of nitrogens with zero attached hydrogens (tertiary/aromatic N) is 1. The van der Waals surface area contributed by atoms with Crippen molar-refractivity contribution in [1.29, 1.82) is 0 Å². The summed E-state index contributed by atoms with van der Waals surface area (Å²) in [7, 11) is 1.46. The van der Waals surface area contributed by atoms with E-state index in [1.807, 2.05) is 6.07 Å². The average molecular weight is 309 g/mol. The zero-order valence-corrected chi connectivity index (χ0v) is 13.6. The highest BCUT2D eigenvalue weighted by Gasteiger charge is 2.25. The second-order valence-electron chi connectivity index (χ2n) is 6.04. The van der Waals surface area contributed by atoms with Crippen LogP contribution in [0.4, 0.5) is 5.69 Å². The van der Waals surface area contributed by atoms with E-state index < -0.39 is 0 Å². The minimum atomic E-state index is -0.122. The number of methoxy groups -OCH3 is 1. The van der Waals surface area contributed by atoms with E-state index in [1.165, 1.54) is 36.8 Å². The second kappa shape index (κ2) is 7.32. The van der Waals surface area contributed by atoms with Crippen molar-refractivity contribution in [1.82, 2.24) is 0 Å². The van der Waals surface area contributed by atoms with Gasteiger partial charge in [0.15, 0.2) is 0 Å². The van der Waals surface area contributed by atoms with E-state index in [0.29, 0.717) is 6.42 Å². The number of carbonyl (C=O) groups excluding carboxylic acids is 1. The molecule has 1 aliphatic heterocycles. The van der Waals surface area contributed by atoms with Crippen molar-refractivity contribution in [3.8, 4) is 11.1 Å². The van der Waals surface area contributed by atoms with Gasteiger partial charge in [-0.3, -0.25) is 4.79 Å². The Morgan fingerprint density at radius 1 is 1.04 bits per heavy atom. The summed E-state index contributed by atoms with van der Waals surface area (Å²) in [4.78, 5) is 14.0. The summed E-state index contributed by atoms with van der Waals surface area (Å²) in [6.45, 7) is 1.01. The SMILES string of the molecule is COC(=O)CC1CCCCN1c1ccc(-c2ccccc2)cc1. The summed E-state index contributed by atoms with van der Waals surface area (Å²) in [5.74, 6) is -0.122. The molecule has 0 N–H and O–H groups in total. The molecule has 3 nitrogen and oxygen atoms in total. The predicted molar refractivity (Wildman–Crippen MR) is 93.5 cm³/mol. The van der Waals surface area contributed by atoms with Crippen LogP contribution >= 0.6 is 0 Å². The van der Waals surface area contributed by atoms with Crippen molar-refractivity contribution in [2.45, 2.75) is 31.7 Å². The number of anilines is 1. The molecule has 0 amide bonds. The lowest BCUT2D eigenvalue weighted by atomic mass is 9.97. The topological polar surface area (TPSA) is 29.5 Å². The molecular weight excluding hydrogens is 286 g/mol. The van der Waals surface area contributed by atoms with Crippen LogP contribution < -0.4 is 4.90 Å². The first-order chi connectivity index (χ1) is 11.3. The van der Waals surface area contributed by atoms with Gasteiger partial charge in [0.2, 0.25) is 0 Å². The number of ether oxygens (including phenoxy) is 1. The maximum Gasteiger partial charge on any atom is 0.307 e. The van der Waals surface area contributed by atoms with Gasteiger partial charge in [-0.25, -0.2) is 0 Å². The Kier molecular flexibility index (Phi) is 4.96. The Balaban J connectivity index is 1.78. The number of benzene rings is 2. The van der Waals surface area contributed by atoms with E-state index in [1.54, 1.807) is 0 Å². The monoisotopic (exact) mass is 309 g/mol. The Morgan fingerprint density at radius 2 is 1.74 bits per heavy atom. The fourth-order valence-electron chi connectivity index (χ4n) is 3.30. The minimum absolute atomic E-state index is 0.122. The first kappa shape index (κ1) is 15.6. The molecule has 120 valence electrons. The lowest BCUT2D eigenvalue weighted by Gasteiger charge is -2.37. The lowest BCUT2D eigenvalue weighted by Crippen LogP contribution is -2.41. The van der Waals surface area contributed by atoms with Crippen LogP contribution in [0.5, 0.6) is 0 Å². The number of rotatable bonds is 4. The summed E-state index contributed by atoms with van der Waals surface area (Å²) in [6, 6.07) is 19.3. The van der Waals surface area contributed by atoms with Crippen molar-refractivity contribution in [2.24, 2.45) is 0 Å². The van der Waals surface area contributed by atoms with Crippen LogP contribution in [0.3, 0.4) is 0 Å². The molecule has 3 rings (SSSR count). The molecule has 0 bridgehead atoms. The molecule has 1 heterocycles. The molecule has 1 unspecified atom stereocenters. The first-order valence-electron chi connectivity index (χ1n) is 8.27. The first-order valence-corrected chi connectivity index (χ1v) is 8.27. The average Bonchev–Trinajstić information content (AvgIpc) is 2.63. The summed E-state index contributed by atoms with van der Waals surface area (Å²) in [5.41, 5.74) is 3.64. The van der Waals surface area contributed by atoms with Crippen LogP contribution in [-0.2, 0) is 9.53 Å². The third kappa shape index (κ3) is 3.73. The van der Waals surface area contributed by atoms with Crippen LogP contribution in [0.25, 0.3) is 11.1 Å². The third-order valence-corrected chi connectivity index (χ3v) is 4.56. The third-order valence-electron chi connectivity index (χ3n) is 4.56. The van der Waals surface area contributed by atoms with Crippen LogP contribution in [-0.4, -0.2) is 25.7 Å². The van der Waals surface area contributed by atoms with Gasteiger partial charge < -0.3 is 9.64 Å². The highest BCUT2D eigenvalue weighted by Crippen LogP contribution is 2.29. The molecule has 0 spiro atoms. The van der Waals surface area contributed by atoms with Crippen molar-refractivity contribution in [2.75, 3.05) is 18.6 Å². The van der Waals surface area contributed by atoms with Crippen LogP contribution in [0.15, 0.2) is 54.6 Å². The molecule has 2 aromatic carbocycles. The Morgan fingerprint density at radius 3 is 2.43 bits per heavy atom. The maximum absolute atomic E-state index is 11.6. The largest absolute Gasteiger partial charge is 0.469 e. The van der Waals surface area contributed by atoms with Gasteiger partial charge in [0, 0.05) is 18.3 Å². The van der Waals surface area contributed by atoms with Crippen molar-refractivity contribution < 1.29 is 9.53 Å². The Labute approximate surface area is 137 Å². The number of piperidine rings is 1. The smallest absolute Gasteiger partial charge is 0.307 e. The van der Waals surface area contributed by atoms with Gasteiger partial charge in [-0.05, 0) is 42.5 Å². The summed E-state index contributed by atoms with van der Waals surface area (Å²) >= 11 is 0. The summed E-state index contributed by atoms with van der Waals surface area (Å²) in [5, 5.41) is 0. The van der Waals surface area contributed by atoms with Gasteiger partial charge in [0.25, 0.3) is 0 Å². The van der Waals surface area contributed by atoms with E-state index in [2.05, 4.69) is 53.4 Å². The maximum atomic E-state index is 11.6. The molecule has 23 heavy (non-hydrogen) atoms. The highest BCUT2D eigenvalue weighted by atomic mass is 16.5. The number of hydrogen-bond donors (Lipinski definition) is 0. The van der Waals surface area contributed by atoms with Gasteiger partial charge in [-0.15, -0.1) is 0 Å². The summed E-state index contributed by atoms with van der Waals surface area (Å²) in [6.07, 6.45) is 3.88. The fourth-order valence-corrected chi connectivity index (χ4v) is 3.30. The van der Waals surface area contributed by atoms with Crippen molar-refractivity contribution >= 4 is 11.7 Å². The molecule has 0 radical (unpaired) electrons. The van der Waals surface area contributed by atoms with E-state index in [0.717, 1.165) is 13.0 Å². The predicted octanol–water partition coefficient (Wildman–Crippen LogP) is 4.28. The van der Waals surface area contributed by atoms with E-state index >= 15 is 0 Å². The molecule has 1 atom stereocenters. The van der Waals surface area contributed by atoms with Crippen LogP contribution in [0, 0.1) is 0 Å². The molecule has 1 saturated heterocycles. The van der Waals surface area contributed by atoms with Gasteiger partial charge in [0.05, 0.1) is 13.5 Å². The number of hydrogen-bond acceptors (Lipinski definition) is 3. The quantitative estimate of drug-likeness (QED) is 0.790. The van der Waals surface area contributed by atoms with E-state index in [9.17, 15) is 4.79 Å². The van der Waals surface area contributed by atoms with E-state index in [-0.39, 0.29) is 12.0 Å². The fraction of sp³-hybridized carbons (Fsp3) is 0.350. The number of esters is 1. The molecule has 0 saturated carbocycles. The highest BCUT2D eigenvalue weighted by molar-refractivity contribution is 5.71. The van der Waals surface area contributed by atoms with Gasteiger partial charge in [-0.1, -0.05) is 42.5 Å². The van der Waals surface area contributed by atoms with Crippen molar-refractivity contribution in [3.63, 3.8) is 0 Å².